The normalized spacial score (nSPS) is 17.1. The molecule has 110 valence electrons. The molecule has 20 heavy (non-hydrogen) atoms. The second-order valence-electron chi connectivity index (χ2n) is 5.49. The molecule has 0 radical (unpaired) electrons. The highest BCUT2D eigenvalue weighted by Gasteiger charge is 2.16. The number of anilines is 1. The van der Waals surface area contributed by atoms with Crippen molar-refractivity contribution < 1.29 is 0 Å². The Morgan fingerprint density at radius 2 is 2.15 bits per heavy atom. The van der Waals surface area contributed by atoms with Gasteiger partial charge in [0.15, 0.2) is 0 Å². The molecule has 5 heteroatoms. The number of nitrogens with zero attached hydrogens (tertiary/aromatic N) is 1. The van der Waals surface area contributed by atoms with E-state index in [4.69, 9.17) is 18.0 Å². The number of rotatable bonds is 5. The van der Waals surface area contributed by atoms with Crippen LogP contribution in [0, 0.1) is 5.92 Å². The first-order valence-corrected chi connectivity index (χ1v) is 8.29. The Morgan fingerprint density at radius 3 is 2.80 bits per heavy atom. The summed E-state index contributed by atoms with van der Waals surface area (Å²) in [5, 5.41) is 3.48. The summed E-state index contributed by atoms with van der Waals surface area (Å²) in [6.07, 6.45) is 3.81. The average Bonchev–Trinajstić information content (AvgIpc) is 2.40. The molecule has 1 aromatic carbocycles. The molecule has 1 aromatic rings. The second-order valence-corrected chi connectivity index (χ2v) is 6.78. The zero-order valence-corrected chi connectivity index (χ0v) is 14.3. The van der Waals surface area contributed by atoms with Crippen LogP contribution < -0.4 is 11.1 Å². The molecular weight excluding hydrogens is 334 g/mol. The number of thiocarbonyl (C=S) groups is 1. The molecule has 1 aliphatic heterocycles. The maximum Gasteiger partial charge on any atom is 0.107 e. The summed E-state index contributed by atoms with van der Waals surface area (Å²) < 4.78 is 0.953. The minimum atomic E-state index is 0.430. The molecule has 1 fully saturated rings. The average molecular weight is 356 g/mol. The van der Waals surface area contributed by atoms with Crippen molar-refractivity contribution >= 4 is 38.8 Å². The van der Waals surface area contributed by atoms with Gasteiger partial charge in [0.1, 0.15) is 4.99 Å². The van der Waals surface area contributed by atoms with E-state index >= 15 is 0 Å². The fraction of sp³-hybridized carbons (Fsp3) is 0.533. The fourth-order valence-corrected chi connectivity index (χ4v) is 3.61. The third-order valence-electron chi connectivity index (χ3n) is 3.97. The van der Waals surface area contributed by atoms with Crippen molar-refractivity contribution in [3.05, 3.63) is 28.2 Å². The zero-order valence-electron chi connectivity index (χ0n) is 11.9. The van der Waals surface area contributed by atoms with Crippen molar-refractivity contribution in [1.29, 1.82) is 0 Å². The van der Waals surface area contributed by atoms with Crippen LogP contribution in [0.5, 0.6) is 0 Å². The van der Waals surface area contributed by atoms with Crippen LogP contribution in [0.25, 0.3) is 0 Å². The molecule has 0 bridgehead atoms. The Bertz CT molecular complexity index is 470. The van der Waals surface area contributed by atoms with Gasteiger partial charge in [0.2, 0.25) is 0 Å². The molecule has 1 heterocycles. The first-order valence-electron chi connectivity index (χ1n) is 7.08. The number of nitrogens with two attached hydrogens (primary N) is 1. The van der Waals surface area contributed by atoms with E-state index in [-0.39, 0.29) is 0 Å². The molecule has 0 atom stereocenters. The lowest BCUT2D eigenvalue weighted by molar-refractivity contribution is 0.215. The van der Waals surface area contributed by atoms with Gasteiger partial charge in [-0.2, -0.15) is 0 Å². The van der Waals surface area contributed by atoms with Gasteiger partial charge in [-0.1, -0.05) is 18.3 Å². The number of nitrogens with one attached hydrogen (secondary N) is 1. The summed E-state index contributed by atoms with van der Waals surface area (Å²) in [4.78, 5) is 2.84. The molecule has 2 rings (SSSR count). The second kappa shape index (κ2) is 7.38. The van der Waals surface area contributed by atoms with E-state index in [0.717, 1.165) is 28.2 Å². The zero-order chi connectivity index (χ0) is 14.5. The van der Waals surface area contributed by atoms with Gasteiger partial charge in [-0.15, -0.1) is 0 Å². The third-order valence-corrected chi connectivity index (χ3v) is 4.83. The van der Waals surface area contributed by atoms with E-state index < -0.39 is 0 Å². The summed E-state index contributed by atoms with van der Waals surface area (Å²) in [5.74, 6) is 0.833. The van der Waals surface area contributed by atoms with Crippen LogP contribution in [-0.4, -0.2) is 36.6 Å². The van der Waals surface area contributed by atoms with Crippen LogP contribution in [0.3, 0.4) is 0 Å². The lowest BCUT2D eigenvalue weighted by atomic mass is 9.94. The molecule has 0 saturated carbocycles. The lowest BCUT2D eigenvalue weighted by Gasteiger charge is -2.29. The number of benzene rings is 1. The van der Waals surface area contributed by atoms with Gasteiger partial charge in [-0.05, 0) is 73.4 Å². The fourth-order valence-electron chi connectivity index (χ4n) is 2.68. The number of halogens is 1. The first-order chi connectivity index (χ1) is 9.58. The van der Waals surface area contributed by atoms with Crippen LogP contribution in [0.1, 0.15) is 24.8 Å². The Balaban J connectivity index is 1.88. The molecule has 1 aliphatic rings. The van der Waals surface area contributed by atoms with Gasteiger partial charge in [0.25, 0.3) is 0 Å². The van der Waals surface area contributed by atoms with Crippen molar-refractivity contribution in [2.45, 2.75) is 19.3 Å². The third kappa shape index (κ3) is 4.17. The van der Waals surface area contributed by atoms with Crippen molar-refractivity contribution in [1.82, 2.24) is 4.90 Å². The molecule has 0 aromatic heterocycles. The van der Waals surface area contributed by atoms with Gasteiger partial charge >= 0.3 is 0 Å². The Hall–Kier alpha value is -0.650. The predicted octanol–water partition coefficient (Wildman–Crippen LogP) is 3.23. The monoisotopic (exact) mass is 355 g/mol. The predicted molar refractivity (Wildman–Crippen MR) is 93.4 cm³/mol. The molecule has 0 aliphatic carbocycles. The van der Waals surface area contributed by atoms with E-state index in [1.807, 2.05) is 18.2 Å². The van der Waals surface area contributed by atoms with Crippen LogP contribution in [0.4, 0.5) is 5.69 Å². The number of hydrogen-bond acceptors (Lipinski definition) is 3. The van der Waals surface area contributed by atoms with E-state index in [9.17, 15) is 0 Å². The first kappa shape index (κ1) is 15.7. The van der Waals surface area contributed by atoms with E-state index in [0.29, 0.717) is 4.99 Å². The summed E-state index contributed by atoms with van der Waals surface area (Å²) >= 11 is 8.64. The maximum atomic E-state index is 5.80. The minimum absolute atomic E-state index is 0.430. The smallest absolute Gasteiger partial charge is 0.107 e. The molecular formula is C15H22BrN3S. The van der Waals surface area contributed by atoms with Crippen molar-refractivity contribution in [3.63, 3.8) is 0 Å². The van der Waals surface area contributed by atoms with Gasteiger partial charge in [-0.25, -0.2) is 0 Å². The molecule has 0 amide bonds. The maximum absolute atomic E-state index is 5.80. The number of hydrogen-bond donors (Lipinski definition) is 2. The Morgan fingerprint density at radius 1 is 1.45 bits per heavy atom. The number of piperidine rings is 1. The summed E-state index contributed by atoms with van der Waals surface area (Å²) in [7, 11) is 2.20. The van der Waals surface area contributed by atoms with Crippen LogP contribution in [0.15, 0.2) is 22.7 Å². The molecule has 3 N–H and O–H groups in total. The lowest BCUT2D eigenvalue weighted by Crippen LogP contribution is -2.31. The van der Waals surface area contributed by atoms with Crippen molar-refractivity contribution in [2.24, 2.45) is 11.7 Å². The van der Waals surface area contributed by atoms with Crippen LogP contribution >= 0.6 is 28.1 Å². The van der Waals surface area contributed by atoms with Crippen LogP contribution in [-0.2, 0) is 0 Å². The van der Waals surface area contributed by atoms with Gasteiger partial charge in [0, 0.05) is 22.3 Å². The van der Waals surface area contributed by atoms with E-state index in [2.05, 4.69) is 33.2 Å². The molecule has 3 nitrogen and oxygen atoms in total. The summed E-state index contributed by atoms with van der Waals surface area (Å²) in [5.41, 5.74) is 7.74. The largest absolute Gasteiger partial charge is 0.389 e. The Kier molecular flexibility index (Phi) is 5.81. The standard InChI is InChI=1S/C15H22BrN3S/c1-19-9-6-11(7-10-19)5-8-18-13-4-2-3-12(16)14(13)15(17)20/h2-4,11,18H,5-10H2,1H3,(H2,17,20). The molecule has 0 unspecified atom stereocenters. The highest BCUT2D eigenvalue weighted by Crippen LogP contribution is 2.25. The topological polar surface area (TPSA) is 41.3 Å². The van der Waals surface area contributed by atoms with Gasteiger partial charge in [0.05, 0.1) is 0 Å². The van der Waals surface area contributed by atoms with Gasteiger partial charge in [-0.3, -0.25) is 0 Å². The quantitative estimate of drug-likeness (QED) is 0.795. The van der Waals surface area contributed by atoms with Crippen LogP contribution in [0.2, 0.25) is 0 Å². The highest BCUT2D eigenvalue weighted by molar-refractivity contribution is 9.10. The summed E-state index contributed by atoms with van der Waals surface area (Å²) in [6.45, 7) is 3.42. The summed E-state index contributed by atoms with van der Waals surface area (Å²) in [6, 6.07) is 6.01. The highest BCUT2D eigenvalue weighted by atomic mass is 79.9. The van der Waals surface area contributed by atoms with Crippen molar-refractivity contribution in [2.75, 3.05) is 32.0 Å². The number of likely N-dealkylation sites (tertiary alicyclic amines) is 1. The molecule has 0 spiro atoms. The van der Waals surface area contributed by atoms with Gasteiger partial charge < -0.3 is 16.0 Å². The van der Waals surface area contributed by atoms with E-state index in [1.165, 1.54) is 32.4 Å². The van der Waals surface area contributed by atoms with Crippen molar-refractivity contribution in [3.8, 4) is 0 Å². The Labute approximate surface area is 135 Å². The minimum Gasteiger partial charge on any atom is -0.389 e. The SMILES string of the molecule is CN1CCC(CCNc2cccc(Br)c2C(N)=S)CC1. The molecule has 1 saturated heterocycles. The van der Waals surface area contributed by atoms with E-state index in [1.54, 1.807) is 0 Å².